The van der Waals surface area contributed by atoms with Crippen molar-refractivity contribution < 1.29 is 23.0 Å². The van der Waals surface area contributed by atoms with Gasteiger partial charge < -0.3 is 20.1 Å². The standard InChI is InChI=1S/C34H36F3N5O2/c1-3-11-41-12-5-6-22(41)18-44-34-39-32-26(33(40-34)42-16-20-8-9-21(17-42)38-20)15-28(36)30(31(32)37)25-14-23(43)13-19-7-10-27(35)24(4-2)29(19)25/h3,7,10,13-15,20-22,38,43H,1,4-6,8-9,11-12,16-18H2,2H3/t20?,21?,22-/m0/s1. The van der Waals surface area contributed by atoms with E-state index < -0.39 is 17.5 Å². The molecule has 3 aromatic carbocycles. The van der Waals surface area contributed by atoms with Gasteiger partial charge in [-0.3, -0.25) is 4.90 Å². The van der Waals surface area contributed by atoms with E-state index in [9.17, 15) is 9.50 Å². The molecule has 0 saturated carbocycles. The summed E-state index contributed by atoms with van der Waals surface area (Å²) in [5.74, 6) is -1.96. The summed E-state index contributed by atoms with van der Waals surface area (Å²) in [6.45, 7) is 8.97. The third-order valence-electron chi connectivity index (χ3n) is 9.40. The molecule has 0 radical (unpaired) electrons. The third-order valence-corrected chi connectivity index (χ3v) is 9.40. The zero-order valence-electron chi connectivity index (χ0n) is 24.8. The Morgan fingerprint density at radius 2 is 1.86 bits per heavy atom. The van der Waals surface area contributed by atoms with Crippen molar-refractivity contribution in [1.82, 2.24) is 20.2 Å². The maximum absolute atomic E-state index is 16.8. The van der Waals surface area contributed by atoms with Gasteiger partial charge in [0, 0.05) is 43.1 Å². The van der Waals surface area contributed by atoms with Crippen molar-refractivity contribution in [1.29, 1.82) is 0 Å². The molecular weight excluding hydrogens is 567 g/mol. The summed E-state index contributed by atoms with van der Waals surface area (Å²) in [5, 5.41) is 15.2. The van der Waals surface area contributed by atoms with Gasteiger partial charge >= 0.3 is 6.01 Å². The van der Waals surface area contributed by atoms with Gasteiger partial charge in [0.25, 0.3) is 0 Å². The Bertz CT molecular complexity index is 1750. The number of aromatic nitrogens is 2. The summed E-state index contributed by atoms with van der Waals surface area (Å²) in [7, 11) is 0. The number of hydrogen-bond acceptors (Lipinski definition) is 7. The van der Waals surface area contributed by atoms with Crippen molar-refractivity contribution >= 4 is 27.5 Å². The van der Waals surface area contributed by atoms with E-state index in [-0.39, 0.29) is 51.9 Å². The van der Waals surface area contributed by atoms with Crippen molar-refractivity contribution in [3.63, 3.8) is 0 Å². The summed E-state index contributed by atoms with van der Waals surface area (Å²) < 4.78 is 54.1. The molecule has 2 bridgehead atoms. The van der Waals surface area contributed by atoms with Gasteiger partial charge in [0.1, 0.15) is 35.3 Å². The molecule has 0 amide bonds. The zero-order chi connectivity index (χ0) is 30.5. The number of nitrogens with one attached hydrogen (secondary N) is 1. The van der Waals surface area contributed by atoms with Crippen LogP contribution in [0.5, 0.6) is 11.8 Å². The van der Waals surface area contributed by atoms with Crippen LogP contribution in [0.25, 0.3) is 32.8 Å². The van der Waals surface area contributed by atoms with Gasteiger partial charge in [-0.1, -0.05) is 19.1 Å². The lowest BCUT2D eigenvalue weighted by molar-refractivity contribution is 0.176. The van der Waals surface area contributed by atoms with Crippen molar-refractivity contribution in [3.8, 4) is 22.9 Å². The van der Waals surface area contributed by atoms with E-state index in [2.05, 4.69) is 26.7 Å². The average Bonchev–Trinajstić information content (AvgIpc) is 3.60. The highest BCUT2D eigenvalue weighted by atomic mass is 19.1. The Hall–Kier alpha value is -3.89. The molecule has 2 unspecified atom stereocenters. The molecule has 3 fully saturated rings. The number of aromatic hydroxyl groups is 1. The van der Waals surface area contributed by atoms with Crippen LogP contribution in [0.15, 0.2) is 43.0 Å². The number of aryl methyl sites for hydroxylation is 1. The van der Waals surface area contributed by atoms with Crippen LogP contribution < -0.4 is 15.0 Å². The van der Waals surface area contributed by atoms with E-state index in [1.807, 2.05) is 6.08 Å². The number of phenols is 1. The second kappa shape index (κ2) is 11.6. The monoisotopic (exact) mass is 603 g/mol. The quantitative estimate of drug-likeness (QED) is 0.236. The lowest BCUT2D eigenvalue weighted by atomic mass is 9.91. The fourth-order valence-corrected chi connectivity index (χ4v) is 7.39. The highest BCUT2D eigenvalue weighted by molar-refractivity contribution is 6.03. The maximum Gasteiger partial charge on any atom is 0.319 e. The Labute approximate surface area is 254 Å². The molecule has 3 saturated heterocycles. The number of halogens is 3. The molecule has 0 aliphatic carbocycles. The van der Waals surface area contributed by atoms with E-state index in [4.69, 9.17) is 9.72 Å². The molecule has 4 heterocycles. The normalized spacial score (nSPS) is 21.9. The number of piperazine rings is 1. The van der Waals surface area contributed by atoms with E-state index in [1.54, 1.807) is 6.92 Å². The number of benzene rings is 3. The smallest absolute Gasteiger partial charge is 0.319 e. The minimum Gasteiger partial charge on any atom is -0.508 e. The molecule has 44 heavy (non-hydrogen) atoms. The fourth-order valence-electron chi connectivity index (χ4n) is 7.39. The van der Waals surface area contributed by atoms with Crippen molar-refractivity contribution in [2.45, 2.75) is 57.2 Å². The molecular formula is C34H36F3N5O2. The van der Waals surface area contributed by atoms with Crippen LogP contribution in [-0.4, -0.2) is 70.9 Å². The molecule has 1 aromatic heterocycles. The largest absolute Gasteiger partial charge is 0.508 e. The summed E-state index contributed by atoms with van der Waals surface area (Å²) >= 11 is 0. The van der Waals surface area contributed by atoms with Gasteiger partial charge in [0.05, 0.1) is 5.56 Å². The number of phenolic OH excluding ortho intramolecular Hbond substituents is 1. The van der Waals surface area contributed by atoms with Gasteiger partial charge in [0.15, 0.2) is 5.82 Å². The van der Waals surface area contributed by atoms with Crippen LogP contribution in [-0.2, 0) is 6.42 Å². The Balaban J connectivity index is 1.39. The highest BCUT2D eigenvalue weighted by Gasteiger charge is 2.35. The number of hydrogen-bond donors (Lipinski definition) is 2. The lowest BCUT2D eigenvalue weighted by Gasteiger charge is -2.34. The summed E-state index contributed by atoms with van der Waals surface area (Å²) in [6, 6.07) is 7.55. The van der Waals surface area contributed by atoms with Crippen LogP contribution in [0.1, 0.15) is 38.2 Å². The van der Waals surface area contributed by atoms with Gasteiger partial charge in [-0.05, 0) is 84.8 Å². The second-order valence-electron chi connectivity index (χ2n) is 12.2. The molecule has 10 heteroatoms. The Morgan fingerprint density at radius 1 is 1.07 bits per heavy atom. The van der Waals surface area contributed by atoms with Gasteiger partial charge in [-0.15, -0.1) is 6.58 Å². The topological polar surface area (TPSA) is 73.8 Å². The molecule has 0 spiro atoms. The Morgan fingerprint density at radius 3 is 2.61 bits per heavy atom. The summed E-state index contributed by atoms with van der Waals surface area (Å²) in [6.07, 6.45) is 6.24. The second-order valence-corrected chi connectivity index (χ2v) is 12.2. The van der Waals surface area contributed by atoms with Crippen LogP contribution in [0.3, 0.4) is 0 Å². The minimum absolute atomic E-state index is 0.0290. The van der Waals surface area contributed by atoms with E-state index in [0.29, 0.717) is 48.3 Å². The molecule has 230 valence electrons. The number of anilines is 1. The zero-order valence-corrected chi connectivity index (χ0v) is 24.8. The van der Waals surface area contributed by atoms with Crippen LogP contribution in [0.4, 0.5) is 19.0 Å². The summed E-state index contributed by atoms with van der Waals surface area (Å²) in [4.78, 5) is 13.6. The number of nitrogens with zero attached hydrogens (tertiary/aromatic N) is 4. The predicted octanol–water partition coefficient (Wildman–Crippen LogP) is 6.11. The molecule has 7 rings (SSSR count). The fraction of sp³-hybridized carbons (Fsp3) is 0.412. The Kier molecular flexibility index (Phi) is 7.58. The van der Waals surface area contributed by atoms with Crippen LogP contribution in [0.2, 0.25) is 0 Å². The van der Waals surface area contributed by atoms with Crippen molar-refractivity contribution in [2.24, 2.45) is 0 Å². The SMILES string of the molecule is C=CCN1CCC[C@H]1COc1nc(N2CC3CCC(C2)N3)c2cc(F)c(-c3cc(O)cc4ccc(F)c(CC)c34)c(F)c2n1. The van der Waals surface area contributed by atoms with Crippen molar-refractivity contribution in [2.75, 3.05) is 37.7 Å². The molecule has 4 aromatic rings. The molecule has 3 aliphatic rings. The molecule has 3 aliphatic heterocycles. The number of likely N-dealkylation sites (tertiary alicyclic amines) is 1. The van der Waals surface area contributed by atoms with E-state index in [0.717, 1.165) is 38.8 Å². The molecule has 3 atom stereocenters. The minimum atomic E-state index is -0.904. The summed E-state index contributed by atoms with van der Waals surface area (Å²) in [5.41, 5.74) is -0.0573. The van der Waals surface area contributed by atoms with Crippen LogP contribution >= 0.6 is 0 Å². The first-order valence-electron chi connectivity index (χ1n) is 15.5. The third kappa shape index (κ3) is 5.03. The number of ether oxygens (including phenoxy) is 1. The first-order chi connectivity index (χ1) is 21.3. The lowest BCUT2D eigenvalue weighted by Crippen LogP contribution is -2.51. The van der Waals surface area contributed by atoms with E-state index in [1.165, 1.54) is 30.3 Å². The first kappa shape index (κ1) is 28.9. The maximum atomic E-state index is 16.8. The molecule has 2 N–H and O–H groups in total. The van der Waals surface area contributed by atoms with E-state index >= 15 is 8.78 Å². The predicted molar refractivity (Wildman–Crippen MR) is 166 cm³/mol. The highest BCUT2D eigenvalue weighted by Crippen LogP contribution is 2.42. The van der Waals surface area contributed by atoms with Crippen LogP contribution in [0, 0.1) is 17.5 Å². The number of rotatable bonds is 8. The average molecular weight is 604 g/mol. The van der Waals surface area contributed by atoms with Crippen molar-refractivity contribution in [3.05, 3.63) is 66.0 Å². The molecule has 7 nitrogen and oxygen atoms in total. The van der Waals surface area contributed by atoms with Gasteiger partial charge in [-0.25, -0.2) is 13.2 Å². The first-order valence-corrected chi connectivity index (χ1v) is 15.5. The van der Waals surface area contributed by atoms with Gasteiger partial charge in [0.2, 0.25) is 0 Å². The van der Waals surface area contributed by atoms with Gasteiger partial charge in [-0.2, -0.15) is 9.97 Å². The number of fused-ring (bicyclic) bond motifs is 4.